The molecule has 1 aromatic rings. The summed E-state index contributed by atoms with van der Waals surface area (Å²) in [5.74, 6) is -0.589. The molecule has 0 amide bonds. The number of hydrogen-bond donors (Lipinski definition) is 0. The monoisotopic (exact) mass is 334 g/mol. The SMILES string of the molecule is CCCCOCCOC(=O)c1cc(S(=O)(=O)Cl)ccc1C. The lowest BCUT2D eigenvalue weighted by Gasteiger charge is -2.08. The molecule has 7 heteroatoms. The number of halogens is 1. The van der Waals surface area contributed by atoms with Gasteiger partial charge in [0.25, 0.3) is 9.05 Å². The van der Waals surface area contributed by atoms with Crippen LogP contribution in [0, 0.1) is 6.92 Å². The van der Waals surface area contributed by atoms with Crippen LogP contribution in [0.15, 0.2) is 23.1 Å². The second-order valence-electron chi connectivity index (χ2n) is 4.52. The van der Waals surface area contributed by atoms with Crippen molar-refractivity contribution in [3.63, 3.8) is 0 Å². The molecule has 118 valence electrons. The van der Waals surface area contributed by atoms with Gasteiger partial charge in [-0.2, -0.15) is 0 Å². The Labute approximate surface area is 129 Å². The van der Waals surface area contributed by atoms with Gasteiger partial charge in [-0.15, -0.1) is 0 Å². The predicted octanol–water partition coefficient (Wildman–Crippen LogP) is 2.90. The van der Waals surface area contributed by atoms with E-state index in [-0.39, 0.29) is 17.1 Å². The van der Waals surface area contributed by atoms with Gasteiger partial charge < -0.3 is 9.47 Å². The zero-order valence-corrected chi connectivity index (χ0v) is 13.7. The Bertz CT molecular complexity index is 583. The van der Waals surface area contributed by atoms with Gasteiger partial charge in [0.15, 0.2) is 0 Å². The predicted molar refractivity (Wildman–Crippen MR) is 80.2 cm³/mol. The van der Waals surface area contributed by atoms with Gasteiger partial charge in [0.1, 0.15) is 6.61 Å². The number of esters is 1. The van der Waals surface area contributed by atoms with Crippen LogP contribution in [-0.2, 0) is 18.5 Å². The van der Waals surface area contributed by atoms with Gasteiger partial charge in [0, 0.05) is 17.3 Å². The lowest BCUT2D eigenvalue weighted by atomic mass is 10.1. The van der Waals surface area contributed by atoms with E-state index < -0.39 is 15.0 Å². The maximum atomic E-state index is 11.9. The summed E-state index contributed by atoms with van der Waals surface area (Å²) in [7, 11) is 1.39. The van der Waals surface area contributed by atoms with Crippen LogP contribution in [0.25, 0.3) is 0 Å². The van der Waals surface area contributed by atoms with Gasteiger partial charge in [-0.25, -0.2) is 13.2 Å². The number of ether oxygens (including phenoxy) is 2. The van der Waals surface area contributed by atoms with Crippen molar-refractivity contribution in [1.82, 2.24) is 0 Å². The van der Waals surface area contributed by atoms with Crippen LogP contribution in [0.5, 0.6) is 0 Å². The first-order valence-corrected chi connectivity index (χ1v) is 8.97. The number of aryl methyl sites for hydroxylation is 1. The Morgan fingerprint density at radius 1 is 1.24 bits per heavy atom. The molecule has 0 heterocycles. The van der Waals surface area contributed by atoms with Crippen LogP contribution >= 0.6 is 10.7 Å². The number of hydrogen-bond acceptors (Lipinski definition) is 5. The molecule has 0 fully saturated rings. The molecule has 0 N–H and O–H groups in total. The number of rotatable bonds is 8. The molecular weight excluding hydrogens is 316 g/mol. The maximum absolute atomic E-state index is 11.9. The van der Waals surface area contributed by atoms with Crippen molar-refractivity contribution in [3.8, 4) is 0 Å². The largest absolute Gasteiger partial charge is 0.460 e. The van der Waals surface area contributed by atoms with E-state index in [0.29, 0.717) is 18.8 Å². The first kappa shape index (κ1) is 17.9. The molecule has 0 radical (unpaired) electrons. The van der Waals surface area contributed by atoms with Crippen molar-refractivity contribution in [3.05, 3.63) is 29.3 Å². The van der Waals surface area contributed by atoms with Gasteiger partial charge in [-0.1, -0.05) is 19.4 Å². The van der Waals surface area contributed by atoms with E-state index in [2.05, 4.69) is 6.92 Å². The Hall–Kier alpha value is -1.11. The molecule has 21 heavy (non-hydrogen) atoms. The third kappa shape index (κ3) is 6.03. The molecule has 0 aromatic heterocycles. The minimum Gasteiger partial charge on any atom is -0.460 e. The molecule has 0 spiro atoms. The number of carbonyl (C=O) groups excluding carboxylic acids is 1. The summed E-state index contributed by atoms with van der Waals surface area (Å²) in [6.07, 6.45) is 2.00. The third-order valence-corrected chi connectivity index (χ3v) is 4.17. The molecule has 1 aromatic carbocycles. The lowest BCUT2D eigenvalue weighted by molar-refractivity contribution is 0.0313. The van der Waals surface area contributed by atoms with E-state index in [1.54, 1.807) is 6.92 Å². The summed E-state index contributed by atoms with van der Waals surface area (Å²) in [5, 5.41) is 0. The van der Waals surface area contributed by atoms with Crippen molar-refractivity contribution >= 4 is 25.7 Å². The fourth-order valence-electron chi connectivity index (χ4n) is 1.59. The molecular formula is C14H19ClO5S. The minimum atomic E-state index is -3.87. The molecule has 0 bridgehead atoms. The molecule has 0 saturated carbocycles. The zero-order valence-electron chi connectivity index (χ0n) is 12.1. The van der Waals surface area contributed by atoms with Crippen molar-refractivity contribution < 1.29 is 22.7 Å². The van der Waals surface area contributed by atoms with Crippen LogP contribution in [0.2, 0.25) is 0 Å². The average Bonchev–Trinajstić information content (AvgIpc) is 2.41. The Balaban J connectivity index is 2.62. The molecule has 5 nitrogen and oxygen atoms in total. The summed E-state index contributed by atoms with van der Waals surface area (Å²) in [4.78, 5) is 11.8. The summed E-state index contributed by atoms with van der Waals surface area (Å²) in [5.41, 5.74) is 0.807. The number of unbranched alkanes of at least 4 members (excludes halogenated alkanes) is 1. The highest BCUT2D eigenvalue weighted by molar-refractivity contribution is 8.13. The summed E-state index contributed by atoms with van der Waals surface area (Å²) in [6.45, 7) is 4.83. The normalized spacial score (nSPS) is 11.4. The second-order valence-corrected chi connectivity index (χ2v) is 7.08. The summed E-state index contributed by atoms with van der Waals surface area (Å²) < 4.78 is 32.9. The van der Waals surface area contributed by atoms with Crippen molar-refractivity contribution in [1.29, 1.82) is 0 Å². The smallest absolute Gasteiger partial charge is 0.338 e. The summed E-state index contributed by atoms with van der Waals surface area (Å²) in [6, 6.07) is 4.09. The minimum absolute atomic E-state index is 0.124. The average molecular weight is 335 g/mol. The van der Waals surface area contributed by atoms with E-state index in [4.69, 9.17) is 20.2 Å². The first-order valence-electron chi connectivity index (χ1n) is 6.66. The van der Waals surface area contributed by atoms with Gasteiger partial charge in [-0.05, 0) is 31.0 Å². The highest BCUT2D eigenvalue weighted by Gasteiger charge is 2.16. The topological polar surface area (TPSA) is 69.7 Å². The molecule has 0 aliphatic heterocycles. The third-order valence-electron chi connectivity index (χ3n) is 2.81. The fraction of sp³-hybridized carbons (Fsp3) is 0.500. The van der Waals surface area contributed by atoms with Crippen LogP contribution < -0.4 is 0 Å². The van der Waals surface area contributed by atoms with Crippen molar-refractivity contribution in [2.45, 2.75) is 31.6 Å². The maximum Gasteiger partial charge on any atom is 0.338 e. The Morgan fingerprint density at radius 3 is 2.57 bits per heavy atom. The standard InChI is InChI=1S/C14H19ClO5S/c1-3-4-7-19-8-9-20-14(16)13-10-12(21(15,17)18)6-5-11(13)2/h5-6,10H,3-4,7-9H2,1-2H3. The van der Waals surface area contributed by atoms with E-state index in [0.717, 1.165) is 12.8 Å². The highest BCUT2D eigenvalue weighted by Crippen LogP contribution is 2.19. The van der Waals surface area contributed by atoms with E-state index in [1.807, 2.05) is 0 Å². The van der Waals surface area contributed by atoms with Crippen molar-refractivity contribution in [2.24, 2.45) is 0 Å². The molecule has 1 rings (SSSR count). The van der Waals surface area contributed by atoms with Gasteiger partial charge in [-0.3, -0.25) is 0 Å². The Kier molecular flexibility index (Phi) is 7.14. The molecule has 0 unspecified atom stereocenters. The van der Waals surface area contributed by atoms with E-state index >= 15 is 0 Å². The fourth-order valence-corrected chi connectivity index (χ4v) is 2.37. The first-order chi connectivity index (χ1) is 9.86. The van der Waals surface area contributed by atoms with Crippen LogP contribution in [0.1, 0.15) is 35.7 Å². The Morgan fingerprint density at radius 2 is 1.95 bits per heavy atom. The van der Waals surface area contributed by atoms with E-state index in [1.165, 1.54) is 18.2 Å². The molecule has 0 aliphatic rings. The van der Waals surface area contributed by atoms with Crippen LogP contribution in [0.3, 0.4) is 0 Å². The van der Waals surface area contributed by atoms with Crippen molar-refractivity contribution in [2.75, 3.05) is 19.8 Å². The van der Waals surface area contributed by atoms with Gasteiger partial charge in [0.05, 0.1) is 17.1 Å². The highest BCUT2D eigenvalue weighted by atomic mass is 35.7. The molecule has 0 atom stereocenters. The number of benzene rings is 1. The quantitative estimate of drug-likeness (QED) is 0.415. The second kappa shape index (κ2) is 8.36. The lowest BCUT2D eigenvalue weighted by Crippen LogP contribution is -2.13. The number of carbonyl (C=O) groups is 1. The van der Waals surface area contributed by atoms with Gasteiger partial charge in [0.2, 0.25) is 0 Å². The van der Waals surface area contributed by atoms with Gasteiger partial charge >= 0.3 is 5.97 Å². The van der Waals surface area contributed by atoms with E-state index in [9.17, 15) is 13.2 Å². The molecule has 0 saturated heterocycles. The summed E-state index contributed by atoms with van der Waals surface area (Å²) >= 11 is 0. The molecule has 0 aliphatic carbocycles. The zero-order chi connectivity index (χ0) is 15.9. The van der Waals surface area contributed by atoms with Crippen LogP contribution in [0.4, 0.5) is 0 Å². The van der Waals surface area contributed by atoms with Crippen LogP contribution in [-0.4, -0.2) is 34.2 Å².